The smallest absolute Gasteiger partial charge is 0.243 e. The van der Waals surface area contributed by atoms with Crippen LogP contribution >= 0.6 is 0 Å². The minimum atomic E-state index is -0.126. The van der Waals surface area contributed by atoms with Gasteiger partial charge in [0.2, 0.25) is 5.91 Å². The minimum absolute atomic E-state index is 0.126. The van der Waals surface area contributed by atoms with Gasteiger partial charge in [0.15, 0.2) is 0 Å². The summed E-state index contributed by atoms with van der Waals surface area (Å²) >= 11 is 0. The second-order valence-corrected chi connectivity index (χ2v) is 7.07. The summed E-state index contributed by atoms with van der Waals surface area (Å²) in [6.07, 6.45) is 4.40. The summed E-state index contributed by atoms with van der Waals surface area (Å²) in [6.45, 7) is 4.32. The Kier molecular flexibility index (Phi) is 8.19. The first-order valence-electron chi connectivity index (χ1n) is 10.3. The van der Waals surface area contributed by atoms with Gasteiger partial charge in [-0.2, -0.15) is 0 Å². The maximum absolute atomic E-state index is 12.3. The van der Waals surface area contributed by atoms with Crippen molar-refractivity contribution >= 4 is 17.3 Å². The molecule has 1 atom stereocenters. The maximum Gasteiger partial charge on any atom is 0.243 e. The Labute approximate surface area is 172 Å². The van der Waals surface area contributed by atoms with Crippen molar-refractivity contribution in [1.82, 2.24) is 0 Å². The van der Waals surface area contributed by atoms with E-state index in [0.717, 1.165) is 55.2 Å². The van der Waals surface area contributed by atoms with E-state index in [4.69, 9.17) is 14.2 Å². The molecule has 2 aromatic rings. The molecule has 1 heterocycles. The van der Waals surface area contributed by atoms with Crippen LogP contribution in [0, 0.1) is 0 Å². The molecule has 0 radical (unpaired) electrons. The number of ether oxygens (including phenoxy) is 3. The van der Waals surface area contributed by atoms with Crippen LogP contribution in [0.5, 0.6) is 11.5 Å². The Morgan fingerprint density at radius 1 is 1.14 bits per heavy atom. The molecule has 1 unspecified atom stereocenters. The van der Waals surface area contributed by atoms with Crippen molar-refractivity contribution in [3.05, 3.63) is 48.5 Å². The molecule has 1 fully saturated rings. The van der Waals surface area contributed by atoms with Gasteiger partial charge in [0.25, 0.3) is 0 Å². The third-order valence-corrected chi connectivity index (χ3v) is 4.68. The summed E-state index contributed by atoms with van der Waals surface area (Å²) < 4.78 is 17.1. The predicted octanol–water partition coefficient (Wildman–Crippen LogP) is 4.47. The van der Waals surface area contributed by atoms with Gasteiger partial charge in [-0.3, -0.25) is 4.79 Å². The van der Waals surface area contributed by atoms with Gasteiger partial charge < -0.3 is 24.8 Å². The molecule has 6 heteroatoms. The van der Waals surface area contributed by atoms with E-state index >= 15 is 0 Å². The number of carbonyl (C=O) groups excluding carboxylic acids is 1. The zero-order valence-corrected chi connectivity index (χ0v) is 17.0. The molecule has 1 amide bonds. The largest absolute Gasteiger partial charge is 0.494 e. The molecule has 1 aliphatic heterocycles. The summed E-state index contributed by atoms with van der Waals surface area (Å²) in [5.41, 5.74) is 1.53. The molecule has 29 heavy (non-hydrogen) atoms. The van der Waals surface area contributed by atoms with Gasteiger partial charge in [0, 0.05) is 12.3 Å². The fourth-order valence-electron chi connectivity index (χ4n) is 3.05. The number of unbranched alkanes of at least 4 members (excludes halogenated alkanes) is 1. The summed E-state index contributed by atoms with van der Waals surface area (Å²) in [7, 11) is 0. The number of para-hydroxylation sites is 2. The lowest BCUT2D eigenvalue weighted by molar-refractivity contribution is -0.114. The third kappa shape index (κ3) is 6.98. The van der Waals surface area contributed by atoms with Crippen molar-refractivity contribution in [3.8, 4) is 11.5 Å². The quantitative estimate of drug-likeness (QED) is 0.547. The summed E-state index contributed by atoms with van der Waals surface area (Å²) in [6, 6.07) is 15.1. The van der Waals surface area contributed by atoms with Crippen LogP contribution < -0.4 is 20.1 Å². The van der Waals surface area contributed by atoms with Gasteiger partial charge in [-0.1, -0.05) is 25.5 Å². The lowest BCUT2D eigenvalue weighted by Gasteiger charge is -2.15. The highest BCUT2D eigenvalue weighted by Gasteiger charge is 2.16. The van der Waals surface area contributed by atoms with E-state index in [0.29, 0.717) is 13.2 Å². The molecule has 0 spiro atoms. The number of anilines is 2. The van der Waals surface area contributed by atoms with Gasteiger partial charge in [-0.25, -0.2) is 0 Å². The Hall–Kier alpha value is -2.73. The fourth-order valence-corrected chi connectivity index (χ4v) is 3.05. The van der Waals surface area contributed by atoms with E-state index in [1.807, 2.05) is 48.5 Å². The average molecular weight is 399 g/mol. The monoisotopic (exact) mass is 398 g/mol. The molecular formula is C23H30N2O4. The van der Waals surface area contributed by atoms with E-state index in [2.05, 4.69) is 17.6 Å². The van der Waals surface area contributed by atoms with Crippen LogP contribution in [0.3, 0.4) is 0 Å². The van der Waals surface area contributed by atoms with Crippen molar-refractivity contribution in [2.75, 3.05) is 37.0 Å². The lowest BCUT2D eigenvalue weighted by atomic mass is 10.2. The number of rotatable bonds is 11. The molecule has 1 saturated heterocycles. The number of hydrogen-bond donors (Lipinski definition) is 2. The Bertz CT molecular complexity index is 758. The van der Waals surface area contributed by atoms with Crippen LogP contribution in [-0.4, -0.2) is 38.4 Å². The van der Waals surface area contributed by atoms with Gasteiger partial charge >= 0.3 is 0 Å². The summed E-state index contributed by atoms with van der Waals surface area (Å²) in [5, 5.41) is 6.04. The number of amides is 1. The average Bonchev–Trinajstić information content (AvgIpc) is 3.26. The molecule has 0 bridgehead atoms. The van der Waals surface area contributed by atoms with Crippen LogP contribution in [0.15, 0.2) is 48.5 Å². The van der Waals surface area contributed by atoms with Gasteiger partial charge in [-0.05, 0) is 55.7 Å². The molecule has 1 aliphatic rings. The molecule has 2 N–H and O–H groups in total. The molecule has 6 nitrogen and oxygen atoms in total. The minimum Gasteiger partial charge on any atom is -0.494 e. The standard InChI is InChI=1S/C23H30N2O4/c1-2-3-14-27-19-12-10-18(11-13-19)25-23(26)16-24-21-8-4-5-9-22(21)29-17-20-7-6-15-28-20/h4-5,8-13,20,24H,2-3,6-7,14-17H2,1H3,(H,25,26). The number of carbonyl (C=O) groups is 1. The predicted molar refractivity (Wildman–Crippen MR) is 115 cm³/mol. The second kappa shape index (κ2) is 11.3. The normalized spacial score (nSPS) is 15.7. The highest BCUT2D eigenvalue weighted by molar-refractivity contribution is 5.94. The van der Waals surface area contributed by atoms with Crippen LogP contribution in [0.4, 0.5) is 11.4 Å². The van der Waals surface area contributed by atoms with E-state index < -0.39 is 0 Å². The zero-order chi connectivity index (χ0) is 20.3. The van der Waals surface area contributed by atoms with Crippen LogP contribution in [0.2, 0.25) is 0 Å². The van der Waals surface area contributed by atoms with E-state index in [-0.39, 0.29) is 18.6 Å². The zero-order valence-electron chi connectivity index (χ0n) is 17.0. The molecule has 0 saturated carbocycles. The molecule has 0 aromatic heterocycles. The Morgan fingerprint density at radius 3 is 2.72 bits per heavy atom. The van der Waals surface area contributed by atoms with E-state index in [9.17, 15) is 4.79 Å². The van der Waals surface area contributed by atoms with Crippen molar-refractivity contribution in [2.24, 2.45) is 0 Å². The maximum atomic E-state index is 12.3. The first-order valence-corrected chi connectivity index (χ1v) is 10.3. The highest BCUT2D eigenvalue weighted by Crippen LogP contribution is 2.25. The van der Waals surface area contributed by atoms with Crippen molar-refractivity contribution < 1.29 is 19.0 Å². The number of benzene rings is 2. The van der Waals surface area contributed by atoms with Crippen molar-refractivity contribution in [2.45, 2.75) is 38.7 Å². The molecule has 2 aromatic carbocycles. The first-order chi connectivity index (χ1) is 14.2. The second-order valence-electron chi connectivity index (χ2n) is 7.07. The third-order valence-electron chi connectivity index (χ3n) is 4.68. The van der Waals surface area contributed by atoms with Gasteiger partial charge in [0.1, 0.15) is 18.1 Å². The summed E-state index contributed by atoms with van der Waals surface area (Å²) in [4.78, 5) is 12.3. The Morgan fingerprint density at radius 2 is 1.97 bits per heavy atom. The van der Waals surface area contributed by atoms with Crippen LogP contribution in [-0.2, 0) is 9.53 Å². The molecule has 156 valence electrons. The summed E-state index contributed by atoms with van der Waals surface area (Å²) in [5.74, 6) is 1.41. The highest BCUT2D eigenvalue weighted by atomic mass is 16.5. The lowest BCUT2D eigenvalue weighted by Crippen LogP contribution is -2.22. The number of nitrogens with one attached hydrogen (secondary N) is 2. The van der Waals surface area contributed by atoms with Crippen LogP contribution in [0.1, 0.15) is 32.6 Å². The number of hydrogen-bond acceptors (Lipinski definition) is 5. The fraction of sp³-hybridized carbons (Fsp3) is 0.435. The van der Waals surface area contributed by atoms with E-state index in [1.54, 1.807) is 0 Å². The molecular weight excluding hydrogens is 368 g/mol. The van der Waals surface area contributed by atoms with Crippen molar-refractivity contribution in [3.63, 3.8) is 0 Å². The van der Waals surface area contributed by atoms with Gasteiger partial charge in [0.05, 0.1) is 24.9 Å². The van der Waals surface area contributed by atoms with Gasteiger partial charge in [-0.15, -0.1) is 0 Å². The molecule has 0 aliphatic carbocycles. The van der Waals surface area contributed by atoms with Crippen LogP contribution in [0.25, 0.3) is 0 Å². The SMILES string of the molecule is CCCCOc1ccc(NC(=O)CNc2ccccc2OCC2CCCO2)cc1. The van der Waals surface area contributed by atoms with E-state index in [1.165, 1.54) is 0 Å². The molecule has 3 rings (SSSR count). The Balaban J connectivity index is 1.45. The topological polar surface area (TPSA) is 68.8 Å². The first kappa shape index (κ1) is 21.0. The van der Waals surface area contributed by atoms with Crippen molar-refractivity contribution in [1.29, 1.82) is 0 Å².